The van der Waals surface area contributed by atoms with Gasteiger partial charge in [0.2, 0.25) is 0 Å². The first-order valence-electron chi connectivity index (χ1n) is 15.4. The number of benzene rings is 1. The van der Waals surface area contributed by atoms with Gasteiger partial charge in [0.15, 0.2) is 0 Å². The number of carbonyl (C=O) groups excluding carboxylic acids is 1. The lowest BCUT2D eigenvalue weighted by atomic mass is 9.42. The van der Waals surface area contributed by atoms with Crippen LogP contribution in [-0.2, 0) is 23.7 Å². The summed E-state index contributed by atoms with van der Waals surface area (Å²) >= 11 is 0. The Labute approximate surface area is 247 Å². The Hall–Kier alpha value is -1.63. The van der Waals surface area contributed by atoms with Crippen LogP contribution in [0.2, 0.25) is 0 Å². The van der Waals surface area contributed by atoms with E-state index in [9.17, 15) is 20.1 Å². The summed E-state index contributed by atoms with van der Waals surface area (Å²) in [7, 11) is 6.53. The van der Waals surface area contributed by atoms with Crippen LogP contribution in [0.4, 0.5) is 0 Å². The maximum absolute atomic E-state index is 13.6. The van der Waals surface area contributed by atoms with Crippen molar-refractivity contribution in [1.29, 1.82) is 0 Å². The van der Waals surface area contributed by atoms with E-state index in [1.807, 2.05) is 6.07 Å². The third kappa shape index (κ3) is 3.15. The van der Waals surface area contributed by atoms with Gasteiger partial charge >= 0.3 is 5.97 Å². The van der Waals surface area contributed by atoms with Gasteiger partial charge in [0.1, 0.15) is 17.8 Å². The van der Waals surface area contributed by atoms with Crippen LogP contribution in [0, 0.1) is 40.4 Å². The van der Waals surface area contributed by atoms with Crippen molar-refractivity contribution in [3.63, 3.8) is 0 Å². The number of methoxy groups -OCH3 is 4. The third-order valence-electron chi connectivity index (χ3n) is 12.9. The van der Waals surface area contributed by atoms with Gasteiger partial charge < -0.3 is 39.0 Å². The molecule has 15 atom stereocenters. The molecule has 3 N–H and O–H groups in total. The van der Waals surface area contributed by atoms with Crippen molar-refractivity contribution in [2.45, 2.75) is 68.0 Å². The van der Waals surface area contributed by atoms with Gasteiger partial charge in [0.05, 0.1) is 36.6 Å². The number of likely N-dealkylation sites (tertiary alicyclic amines) is 1. The molecule has 42 heavy (non-hydrogen) atoms. The molecule has 1 aliphatic heterocycles. The fourth-order valence-electron chi connectivity index (χ4n) is 12.0. The summed E-state index contributed by atoms with van der Waals surface area (Å²) in [5.74, 6) is -2.16. The van der Waals surface area contributed by atoms with Crippen LogP contribution in [0.3, 0.4) is 0 Å². The molecule has 7 bridgehead atoms. The van der Waals surface area contributed by atoms with Crippen molar-refractivity contribution in [2.75, 3.05) is 48.1 Å². The minimum atomic E-state index is -1.26. The number of rotatable bonds is 8. The maximum Gasteiger partial charge on any atom is 0.338 e. The topological polar surface area (TPSA) is 127 Å². The summed E-state index contributed by atoms with van der Waals surface area (Å²) < 4.78 is 31.1. The quantitative estimate of drug-likeness (QED) is 0.379. The highest BCUT2D eigenvalue weighted by Gasteiger charge is 2.89. The zero-order valence-electron chi connectivity index (χ0n) is 25.1. The average Bonchev–Trinajstić information content (AvgIpc) is 3.41. The Morgan fingerprint density at radius 3 is 2.36 bits per heavy atom. The Morgan fingerprint density at radius 1 is 1.00 bits per heavy atom. The van der Waals surface area contributed by atoms with Crippen LogP contribution in [0.5, 0.6) is 0 Å². The molecule has 0 radical (unpaired) electrons. The van der Waals surface area contributed by atoms with Gasteiger partial charge in [0, 0.05) is 81.9 Å². The lowest BCUT2D eigenvalue weighted by Gasteiger charge is -2.70. The molecule has 1 heterocycles. The third-order valence-corrected chi connectivity index (χ3v) is 12.9. The number of aliphatic hydroxyl groups is 3. The van der Waals surface area contributed by atoms with E-state index in [0.29, 0.717) is 38.1 Å². The lowest BCUT2D eigenvalue weighted by Crippen LogP contribution is -2.80. The van der Waals surface area contributed by atoms with Crippen LogP contribution >= 0.6 is 0 Å². The van der Waals surface area contributed by atoms with Gasteiger partial charge in [-0.15, -0.1) is 0 Å². The minimum Gasteiger partial charge on any atom is -0.458 e. The number of carbonyl (C=O) groups is 1. The molecule has 6 aliphatic rings. The Morgan fingerprint density at radius 2 is 1.74 bits per heavy atom. The molecule has 0 aromatic heterocycles. The molecule has 1 spiro atoms. The first kappa shape index (κ1) is 29.1. The Bertz CT molecular complexity index is 1200. The highest BCUT2D eigenvalue weighted by Crippen LogP contribution is 2.79. The summed E-state index contributed by atoms with van der Waals surface area (Å²) in [6, 6.07) is 8.76. The molecule has 1 aromatic rings. The first-order chi connectivity index (χ1) is 20.2. The number of fused-ring (bicyclic) bond motifs is 2. The van der Waals surface area contributed by atoms with E-state index in [2.05, 4.69) is 11.8 Å². The number of hydrogen-bond acceptors (Lipinski definition) is 10. The minimum absolute atomic E-state index is 0.141. The summed E-state index contributed by atoms with van der Waals surface area (Å²) in [5, 5.41) is 36.7. The highest BCUT2D eigenvalue weighted by atomic mass is 16.6. The van der Waals surface area contributed by atoms with E-state index in [-0.39, 0.29) is 29.9 Å². The monoisotopic (exact) mass is 587 g/mol. The SMILES string of the molecule is CCN1C[C@]2(COC)[C@H](O)C[C@H](OC)[C@]34C1[C@H]([C@H](O)[C@H]23)[C@]1(OC)[C@H]2[C@@H](OC(=O)c3ccccc3)[C@H](C[C@H]24)[C@@H](OC)[C@@H]1O. The van der Waals surface area contributed by atoms with Crippen LogP contribution < -0.4 is 0 Å². The molecule has 10 heteroatoms. The van der Waals surface area contributed by atoms with E-state index in [0.717, 1.165) is 0 Å². The number of ether oxygens (including phenoxy) is 5. The molecule has 6 fully saturated rings. The molecule has 5 aliphatic carbocycles. The van der Waals surface area contributed by atoms with E-state index < -0.39 is 64.8 Å². The van der Waals surface area contributed by atoms with Crippen molar-refractivity contribution in [3.05, 3.63) is 35.9 Å². The van der Waals surface area contributed by atoms with E-state index >= 15 is 0 Å². The maximum atomic E-state index is 13.6. The smallest absolute Gasteiger partial charge is 0.338 e. The van der Waals surface area contributed by atoms with Crippen LogP contribution in [0.1, 0.15) is 30.1 Å². The van der Waals surface area contributed by atoms with Gasteiger partial charge in [-0.05, 0) is 31.0 Å². The predicted molar refractivity (Wildman–Crippen MR) is 149 cm³/mol. The number of hydrogen-bond donors (Lipinski definition) is 3. The molecule has 1 unspecified atom stereocenters. The fourth-order valence-corrected chi connectivity index (χ4v) is 12.0. The van der Waals surface area contributed by atoms with Crippen molar-refractivity contribution < 1.29 is 43.8 Å². The van der Waals surface area contributed by atoms with Crippen molar-refractivity contribution >= 4 is 5.97 Å². The van der Waals surface area contributed by atoms with Crippen LogP contribution in [-0.4, -0.2) is 123 Å². The molecule has 1 saturated heterocycles. The summed E-state index contributed by atoms with van der Waals surface area (Å²) in [6.45, 7) is 3.65. The Balaban J connectivity index is 1.46. The largest absolute Gasteiger partial charge is 0.458 e. The number of aliphatic hydroxyl groups excluding tert-OH is 3. The van der Waals surface area contributed by atoms with E-state index in [4.69, 9.17) is 23.7 Å². The molecular formula is C32H45NO9. The number of esters is 1. The first-order valence-corrected chi connectivity index (χ1v) is 15.4. The molecule has 0 amide bonds. The fraction of sp³-hybridized carbons (Fsp3) is 0.781. The molecule has 7 rings (SSSR count). The zero-order chi connectivity index (χ0) is 29.8. The molecule has 1 aromatic carbocycles. The van der Waals surface area contributed by atoms with Crippen LogP contribution in [0.25, 0.3) is 0 Å². The molecule has 5 saturated carbocycles. The predicted octanol–water partition coefficient (Wildman–Crippen LogP) is 0.962. The van der Waals surface area contributed by atoms with Gasteiger partial charge in [-0.25, -0.2) is 4.79 Å². The van der Waals surface area contributed by atoms with E-state index in [1.165, 1.54) is 0 Å². The van der Waals surface area contributed by atoms with E-state index in [1.54, 1.807) is 52.7 Å². The normalized spacial score (nSPS) is 51.9. The second kappa shape index (κ2) is 9.94. The number of nitrogens with zero attached hydrogens (tertiary/aromatic N) is 1. The van der Waals surface area contributed by atoms with Crippen LogP contribution in [0.15, 0.2) is 30.3 Å². The highest BCUT2D eigenvalue weighted by molar-refractivity contribution is 5.89. The molecule has 10 nitrogen and oxygen atoms in total. The van der Waals surface area contributed by atoms with Crippen molar-refractivity contribution in [2.24, 2.45) is 40.4 Å². The standard InChI is InChI=1S/C32H45NO9/c1-6-33-14-30(15-38-2)19(34)13-20(39-3)31-18-12-17-24(42-29(37)16-10-8-7-9-11-16)21(18)32(41-5,28(36)25(17)40-4)22(27(31)33)23(35)26(30)31/h7-11,17-28,34-36H,6,12-15H2,1-5H3/t17-,18+,19+,20-,21+,22-,23-,24-,25+,26+,27?,28-,30-,31-,32+/m0/s1. The number of piperidine rings is 1. The lowest BCUT2D eigenvalue weighted by molar-refractivity contribution is -0.315. The summed E-state index contributed by atoms with van der Waals surface area (Å²) in [5.41, 5.74) is -2.13. The second-order valence-corrected chi connectivity index (χ2v) is 13.6. The Kier molecular flexibility index (Phi) is 6.89. The molecule has 232 valence electrons. The van der Waals surface area contributed by atoms with Crippen molar-refractivity contribution in [3.8, 4) is 0 Å². The molecular weight excluding hydrogens is 542 g/mol. The average molecular weight is 588 g/mol. The van der Waals surface area contributed by atoms with Gasteiger partial charge in [-0.1, -0.05) is 25.1 Å². The second-order valence-electron chi connectivity index (χ2n) is 13.6. The van der Waals surface area contributed by atoms with Gasteiger partial charge in [-0.2, -0.15) is 0 Å². The van der Waals surface area contributed by atoms with Gasteiger partial charge in [-0.3, -0.25) is 4.90 Å². The summed E-state index contributed by atoms with van der Waals surface area (Å²) in [4.78, 5) is 15.9. The van der Waals surface area contributed by atoms with Crippen molar-refractivity contribution in [1.82, 2.24) is 4.90 Å². The summed E-state index contributed by atoms with van der Waals surface area (Å²) in [6.07, 6.45) is -3.31. The van der Waals surface area contributed by atoms with Gasteiger partial charge in [0.25, 0.3) is 0 Å². The zero-order valence-corrected chi connectivity index (χ0v) is 25.1.